The number of carbonyl (C=O) groups excluding carboxylic acids is 2. The summed E-state index contributed by atoms with van der Waals surface area (Å²) in [5.74, 6) is -0.118. The van der Waals surface area contributed by atoms with E-state index in [9.17, 15) is 14.7 Å². The Labute approximate surface area is 171 Å². The highest BCUT2D eigenvalue weighted by molar-refractivity contribution is 5.93. The summed E-state index contributed by atoms with van der Waals surface area (Å²) in [4.78, 5) is 25.0. The van der Waals surface area contributed by atoms with E-state index >= 15 is 0 Å². The monoisotopic (exact) mass is 396 g/mol. The van der Waals surface area contributed by atoms with Crippen molar-refractivity contribution in [2.45, 2.75) is 51.6 Å². The molecule has 0 saturated heterocycles. The van der Waals surface area contributed by atoms with E-state index in [4.69, 9.17) is 9.47 Å². The molecule has 5 nitrogen and oxygen atoms in total. The lowest BCUT2D eigenvalue weighted by Gasteiger charge is -2.48. The van der Waals surface area contributed by atoms with Crippen molar-refractivity contribution in [2.24, 2.45) is 11.3 Å². The van der Waals surface area contributed by atoms with Crippen LogP contribution in [0.15, 0.2) is 30.3 Å². The summed E-state index contributed by atoms with van der Waals surface area (Å²) < 4.78 is 11.2. The molecule has 2 aromatic rings. The Hall–Kier alpha value is -2.40. The number of aliphatic hydroxyl groups excluding tert-OH is 1. The smallest absolute Gasteiger partial charge is 0.303 e. The number of hydrogen-bond donors (Lipinski definition) is 1. The van der Waals surface area contributed by atoms with Crippen LogP contribution in [0, 0.1) is 11.3 Å². The number of carbonyl (C=O) groups is 2. The number of hydrogen-bond acceptors (Lipinski definition) is 5. The van der Waals surface area contributed by atoms with Crippen LogP contribution in [0.3, 0.4) is 0 Å². The molecular formula is C24H28O5. The number of esters is 1. The van der Waals surface area contributed by atoms with Crippen LogP contribution >= 0.6 is 0 Å². The Kier molecular flexibility index (Phi) is 4.69. The van der Waals surface area contributed by atoms with Gasteiger partial charge in [0.05, 0.1) is 7.11 Å². The lowest BCUT2D eigenvalue weighted by molar-refractivity contribution is -0.187. The molecular weight excluding hydrogens is 368 g/mol. The first-order chi connectivity index (χ1) is 13.8. The Balaban J connectivity index is 1.88. The van der Waals surface area contributed by atoms with Crippen LogP contribution in [-0.2, 0) is 20.7 Å². The number of benzene rings is 2. The van der Waals surface area contributed by atoms with Crippen LogP contribution in [0.2, 0.25) is 0 Å². The molecule has 0 spiro atoms. The first kappa shape index (κ1) is 19.9. The van der Waals surface area contributed by atoms with Gasteiger partial charge in [-0.25, -0.2) is 0 Å². The third-order valence-electron chi connectivity index (χ3n) is 7.41. The third kappa shape index (κ3) is 2.63. The van der Waals surface area contributed by atoms with E-state index in [1.54, 1.807) is 7.11 Å². The fourth-order valence-electron chi connectivity index (χ4n) is 6.15. The van der Waals surface area contributed by atoms with Crippen LogP contribution in [0.5, 0.6) is 5.75 Å². The number of ketones is 1. The highest BCUT2D eigenvalue weighted by Crippen LogP contribution is 2.64. The SMILES string of the molecule is COc1ccc2c3c(ccc2c1)[C@@H]1C[C@@H](C)[C@@](OC(C)=O)(C(=O)CO)[C@@]1(C)CC3. The van der Waals surface area contributed by atoms with Crippen molar-refractivity contribution in [3.63, 3.8) is 0 Å². The zero-order chi connectivity index (χ0) is 21.0. The van der Waals surface area contributed by atoms with E-state index in [2.05, 4.69) is 25.1 Å². The van der Waals surface area contributed by atoms with Crippen LogP contribution in [-0.4, -0.2) is 36.2 Å². The van der Waals surface area contributed by atoms with Gasteiger partial charge in [0.15, 0.2) is 5.60 Å². The number of aryl methyl sites for hydroxylation is 1. The molecule has 0 aromatic heterocycles. The Morgan fingerprint density at radius 3 is 2.66 bits per heavy atom. The molecule has 1 N–H and O–H groups in total. The number of ether oxygens (including phenoxy) is 2. The first-order valence-corrected chi connectivity index (χ1v) is 10.2. The highest BCUT2D eigenvalue weighted by Gasteiger charge is 2.68. The second-order valence-corrected chi connectivity index (χ2v) is 8.74. The minimum absolute atomic E-state index is 0.0857. The van der Waals surface area contributed by atoms with Gasteiger partial charge in [-0.2, -0.15) is 0 Å². The van der Waals surface area contributed by atoms with Crippen molar-refractivity contribution in [3.05, 3.63) is 41.5 Å². The molecule has 0 heterocycles. The molecule has 0 radical (unpaired) electrons. The van der Waals surface area contributed by atoms with Gasteiger partial charge >= 0.3 is 5.97 Å². The van der Waals surface area contributed by atoms with Crippen molar-refractivity contribution in [3.8, 4) is 5.75 Å². The maximum absolute atomic E-state index is 13.0. The van der Waals surface area contributed by atoms with Crippen molar-refractivity contribution in [2.75, 3.05) is 13.7 Å². The molecule has 2 aliphatic carbocycles. The summed E-state index contributed by atoms with van der Waals surface area (Å²) in [5, 5.41) is 12.1. The Bertz CT molecular complexity index is 996. The van der Waals surface area contributed by atoms with E-state index in [0.717, 1.165) is 30.4 Å². The predicted octanol–water partition coefficient (Wildman–Crippen LogP) is 3.79. The van der Waals surface area contributed by atoms with Gasteiger partial charge in [-0.05, 0) is 59.2 Å². The van der Waals surface area contributed by atoms with Gasteiger partial charge < -0.3 is 14.6 Å². The van der Waals surface area contributed by atoms with E-state index in [-0.39, 0.29) is 17.6 Å². The molecule has 154 valence electrons. The van der Waals surface area contributed by atoms with E-state index in [1.165, 1.54) is 23.4 Å². The summed E-state index contributed by atoms with van der Waals surface area (Å²) >= 11 is 0. The number of methoxy groups -OCH3 is 1. The second kappa shape index (κ2) is 6.84. The van der Waals surface area contributed by atoms with Gasteiger partial charge in [0.25, 0.3) is 0 Å². The zero-order valence-electron chi connectivity index (χ0n) is 17.5. The van der Waals surface area contributed by atoms with Gasteiger partial charge in [-0.15, -0.1) is 0 Å². The Morgan fingerprint density at radius 1 is 1.24 bits per heavy atom. The van der Waals surface area contributed by atoms with E-state index in [1.807, 2.05) is 19.1 Å². The minimum Gasteiger partial charge on any atom is -0.497 e. The number of fused-ring (bicyclic) bond motifs is 5. The Morgan fingerprint density at radius 2 is 2.00 bits per heavy atom. The predicted molar refractivity (Wildman–Crippen MR) is 110 cm³/mol. The van der Waals surface area contributed by atoms with Gasteiger partial charge in [0, 0.05) is 18.3 Å². The van der Waals surface area contributed by atoms with Crippen LogP contribution in [0.25, 0.3) is 10.8 Å². The lowest BCUT2D eigenvalue weighted by Crippen LogP contribution is -2.58. The van der Waals surface area contributed by atoms with Crippen molar-refractivity contribution >= 4 is 22.5 Å². The number of aliphatic hydroxyl groups is 1. The highest BCUT2D eigenvalue weighted by atomic mass is 16.6. The molecule has 29 heavy (non-hydrogen) atoms. The maximum atomic E-state index is 13.0. The van der Waals surface area contributed by atoms with Gasteiger partial charge in [-0.3, -0.25) is 9.59 Å². The lowest BCUT2D eigenvalue weighted by atomic mass is 9.59. The number of rotatable bonds is 4. The first-order valence-electron chi connectivity index (χ1n) is 10.2. The normalized spacial score (nSPS) is 30.5. The summed E-state index contributed by atoms with van der Waals surface area (Å²) in [6.07, 6.45) is 2.25. The molecule has 0 amide bonds. The van der Waals surface area contributed by atoms with E-state index in [0.29, 0.717) is 0 Å². The second-order valence-electron chi connectivity index (χ2n) is 8.74. The molecule has 1 fully saturated rings. The van der Waals surface area contributed by atoms with Gasteiger partial charge in [0.1, 0.15) is 12.4 Å². The molecule has 2 aliphatic rings. The molecule has 5 heteroatoms. The van der Waals surface area contributed by atoms with Gasteiger partial charge in [0.2, 0.25) is 5.78 Å². The quantitative estimate of drug-likeness (QED) is 0.796. The fraction of sp³-hybridized carbons (Fsp3) is 0.500. The molecule has 2 aromatic carbocycles. The van der Waals surface area contributed by atoms with E-state index < -0.39 is 23.6 Å². The molecule has 4 rings (SSSR count). The molecule has 1 saturated carbocycles. The van der Waals surface area contributed by atoms with Crippen LogP contribution in [0.4, 0.5) is 0 Å². The third-order valence-corrected chi connectivity index (χ3v) is 7.41. The summed E-state index contributed by atoms with van der Waals surface area (Å²) in [7, 11) is 1.66. The fourth-order valence-corrected chi connectivity index (χ4v) is 6.15. The standard InChI is InChI=1S/C24H28O5/c1-14-11-21-20-7-5-16-12-17(28-4)6-8-18(16)19(20)9-10-23(21,3)24(14,22(27)13-25)29-15(2)26/h5-8,12,14,21,25H,9-11,13H2,1-4H3/t14-,21+,23+,24-/m1/s1. The zero-order valence-corrected chi connectivity index (χ0v) is 17.5. The van der Waals surface area contributed by atoms with Crippen LogP contribution in [0.1, 0.15) is 50.7 Å². The average molecular weight is 396 g/mol. The number of Topliss-reactive ketones (excluding diaryl/α,β-unsaturated/α-hetero) is 1. The van der Waals surface area contributed by atoms with Gasteiger partial charge in [-0.1, -0.05) is 32.0 Å². The topological polar surface area (TPSA) is 72.8 Å². The summed E-state index contributed by atoms with van der Waals surface area (Å²) in [6.45, 7) is 4.74. The molecule has 0 unspecified atom stereocenters. The van der Waals surface area contributed by atoms with Crippen molar-refractivity contribution in [1.82, 2.24) is 0 Å². The molecule has 0 aliphatic heterocycles. The summed E-state index contributed by atoms with van der Waals surface area (Å²) in [5.41, 5.74) is 0.688. The average Bonchev–Trinajstić information content (AvgIpc) is 2.94. The van der Waals surface area contributed by atoms with Crippen molar-refractivity contribution < 1.29 is 24.2 Å². The molecule has 4 atom stereocenters. The van der Waals surface area contributed by atoms with Crippen molar-refractivity contribution in [1.29, 1.82) is 0 Å². The van der Waals surface area contributed by atoms with Crippen LogP contribution < -0.4 is 4.74 Å². The maximum Gasteiger partial charge on any atom is 0.303 e. The summed E-state index contributed by atoms with van der Waals surface area (Å²) in [6, 6.07) is 10.4. The molecule has 0 bridgehead atoms. The largest absolute Gasteiger partial charge is 0.497 e. The minimum atomic E-state index is -1.29.